The van der Waals surface area contributed by atoms with Gasteiger partial charge in [-0.2, -0.15) is 18.3 Å². The van der Waals surface area contributed by atoms with E-state index in [1.165, 1.54) is 10.9 Å². The third-order valence-electron chi connectivity index (χ3n) is 2.29. The van der Waals surface area contributed by atoms with Crippen LogP contribution in [0.15, 0.2) is 18.5 Å². The van der Waals surface area contributed by atoms with Crippen LogP contribution in [0.3, 0.4) is 0 Å². The van der Waals surface area contributed by atoms with Gasteiger partial charge in [0.05, 0.1) is 28.3 Å². The van der Waals surface area contributed by atoms with Gasteiger partial charge in [0.1, 0.15) is 5.69 Å². The highest BCUT2D eigenvalue weighted by molar-refractivity contribution is 6.31. The van der Waals surface area contributed by atoms with E-state index in [1.807, 2.05) is 0 Å². The Morgan fingerprint density at radius 1 is 1.39 bits per heavy atom. The Morgan fingerprint density at radius 3 is 2.56 bits per heavy atom. The average Bonchev–Trinajstić information content (AvgIpc) is 2.58. The number of pyridine rings is 1. The minimum atomic E-state index is -4.53. The predicted octanol–water partition coefficient (Wildman–Crippen LogP) is 2.83. The minimum absolute atomic E-state index is 0.0853. The van der Waals surface area contributed by atoms with Crippen molar-refractivity contribution < 1.29 is 13.2 Å². The number of aromatic nitrogens is 3. The van der Waals surface area contributed by atoms with Gasteiger partial charge in [0.15, 0.2) is 0 Å². The summed E-state index contributed by atoms with van der Waals surface area (Å²) < 4.78 is 38.8. The van der Waals surface area contributed by atoms with Gasteiger partial charge in [0, 0.05) is 6.20 Å². The summed E-state index contributed by atoms with van der Waals surface area (Å²) in [5.74, 6) is 0. The van der Waals surface area contributed by atoms with Gasteiger partial charge in [0.2, 0.25) is 0 Å². The van der Waals surface area contributed by atoms with Crippen LogP contribution >= 0.6 is 11.6 Å². The van der Waals surface area contributed by atoms with Gasteiger partial charge in [0.25, 0.3) is 0 Å². The van der Waals surface area contributed by atoms with Gasteiger partial charge in [-0.3, -0.25) is 0 Å². The number of rotatable bonds is 1. The second-order valence-electron chi connectivity index (χ2n) is 3.63. The van der Waals surface area contributed by atoms with Crippen LogP contribution in [0.4, 0.5) is 18.9 Å². The van der Waals surface area contributed by atoms with E-state index >= 15 is 0 Å². The number of hydrogen-bond acceptors (Lipinski definition) is 3. The summed E-state index contributed by atoms with van der Waals surface area (Å²) in [6.07, 6.45) is -2.19. The molecule has 2 aromatic heterocycles. The first-order chi connectivity index (χ1) is 8.29. The first-order valence-corrected chi connectivity index (χ1v) is 5.21. The van der Waals surface area contributed by atoms with Crippen molar-refractivity contribution >= 4 is 17.3 Å². The second kappa shape index (κ2) is 4.16. The van der Waals surface area contributed by atoms with E-state index in [0.717, 1.165) is 12.3 Å². The Morgan fingerprint density at radius 2 is 2.06 bits per heavy atom. The number of aryl methyl sites for hydroxylation is 1. The molecule has 0 spiro atoms. The monoisotopic (exact) mass is 276 g/mol. The lowest BCUT2D eigenvalue weighted by atomic mass is 10.3. The molecule has 0 fully saturated rings. The number of nitrogen functional groups attached to an aromatic ring is 1. The first-order valence-electron chi connectivity index (χ1n) is 4.84. The van der Waals surface area contributed by atoms with Crippen LogP contribution in [-0.4, -0.2) is 14.8 Å². The molecule has 0 radical (unpaired) electrons. The molecule has 2 N–H and O–H groups in total. The lowest BCUT2D eigenvalue weighted by Gasteiger charge is -2.10. The summed E-state index contributed by atoms with van der Waals surface area (Å²) in [7, 11) is 0. The van der Waals surface area contributed by atoms with Crippen LogP contribution in [0, 0.1) is 6.92 Å². The van der Waals surface area contributed by atoms with Crippen molar-refractivity contribution in [2.75, 3.05) is 5.73 Å². The van der Waals surface area contributed by atoms with Crippen LogP contribution < -0.4 is 5.73 Å². The van der Waals surface area contributed by atoms with Crippen molar-refractivity contribution in [2.24, 2.45) is 0 Å². The number of anilines is 1. The molecule has 96 valence electrons. The molecule has 0 aliphatic carbocycles. The summed E-state index contributed by atoms with van der Waals surface area (Å²) in [6.45, 7) is 1.64. The molecule has 0 saturated carbocycles. The summed E-state index contributed by atoms with van der Waals surface area (Å²) in [5.41, 5.74) is 5.24. The zero-order valence-corrected chi connectivity index (χ0v) is 9.92. The summed E-state index contributed by atoms with van der Waals surface area (Å²) in [4.78, 5) is 3.24. The smallest absolute Gasteiger partial charge is 0.396 e. The number of alkyl halides is 3. The van der Waals surface area contributed by atoms with Gasteiger partial charge < -0.3 is 5.73 Å². The van der Waals surface area contributed by atoms with Crippen LogP contribution in [-0.2, 0) is 6.18 Å². The Hall–Kier alpha value is -1.76. The van der Waals surface area contributed by atoms with Crippen molar-refractivity contribution in [3.8, 4) is 5.69 Å². The Kier molecular flexibility index (Phi) is 2.94. The van der Waals surface area contributed by atoms with E-state index in [9.17, 15) is 13.2 Å². The van der Waals surface area contributed by atoms with Crippen LogP contribution in [0.2, 0.25) is 5.02 Å². The SMILES string of the molecule is Cc1nn(-c2cc(C(F)(F)F)ncc2N)cc1Cl. The fourth-order valence-corrected chi connectivity index (χ4v) is 1.50. The Balaban J connectivity index is 2.56. The Labute approximate surface area is 105 Å². The zero-order valence-electron chi connectivity index (χ0n) is 9.16. The molecule has 0 aliphatic rings. The fourth-order valence-electron chi connectivity index (χ4n) is 1.37. The molecule has 18 heavy (non-hydrogen) atoms. The molecule has 8 heteroatoms. The first kappa shape index (κ1) is 12.7. The van der Waals surface area contributed by atoms with E-state index in [0.29, 0.717) is 10.7 Å². The van der Waals surface area contributed by atoms with E-state index in [1.54, 1.807) is 6.92 Å². The highest BCUT2D eigenvalue weighted by Gasteiger charge is 2.33. The van der Waals surface area contributed by atoms with Gasteiger partial charge in [-0.25, -0.2) is 9.67 Å². The molecule has 4 nitrogen and oxygen atoms in total. The summed E-state index contributed by atoms with van der Waals surface area (Å²) >= 11 is 5.80. The van der Waals surface area contributed by atoms with Crippen LogP contribution in [0.5, 0.6) is 0 Å². The molecule has 0 aromatic carbocycles. The molecule has 2 aromatic rings. The molecule has 0 bridgehead atoms. The standard InChI is InChI=1S/C10H8ClF3N4/c1-5-6(11)4-18(17-5)8-2-9(10(12,13)14)16-3-7(8)15/h2-4H,15H2,1H3. The third kappa shape index (κ3) is 2.26. The van der Waals surface area contributed by atoms with Crippen molar-refractivity contribution in [2.45, 2.75) is 13.1 Å². The largest absolute Gasteiger partial charge is 0.433 e. The van der Waals surface area contributed by atoms with E-state index < -0.39 is 11.9 Å². The molecule has 0 aliphatic heterocycles. The second-order valence-corrected chi connectivity index (χ2v) is 4.04. The maximum atomic E-state index is 12.5. The van der Waals surface area contributed by atoms with Gasteiger partial charge in [-0.1, -0.05) is 11.6 Å². The maximum absolute atomic E-state index is 12.5. The van der Waals surface area contributed by atoms with Crippen molar-refractivity contribution in [1.82, 2.24) is 14.8 Å². The molecular formula is C10H8ClF3N4. The van der Waals surface area contributed by atoms with Crippen LogP contribution in [0.25, 0.3) is 5.69 Å². The minimum Gasteiger partial charge on any atom is -0.396 e. The van der Waals surface area contributed by atoms with Crippen molar-refractivity contribution in [3.63, 3.8) is 0 Å². The molecule has 2 heterocycles. The van der Waals surface area contributed by atoms with E-state index in [2.05, 4.69) is 10.1 Å². The van der Waals surface area contributed by atoms with Crippen molar-refractivity contribution in [1.29, 1.82) is 0 Å². The normalized spacial score (nSPS) is 11.8. The lowest BCUT2D eigenvalue weighted by molar-refractivity contribution is -0.141. The number of nitrogens with zero attached hydrogens (tertiary/aromatic N) is 3. The molecule has 0 unspecified atom stereocenters. The molecule has 0 atom stereocenters. The zero-order chi connectivity index (χ0) is 13.5. The molecule has 0 amide bonds. The van der Waals surface area contributed by atoms with Crippen molar-refractivity contribution in [3.05, 3.63) is 34.9 Å². The Bertz CT molecular complexity index is 572. The topological polar surface area (TPSA) is 56.7 Å². The number of nitrogens with two attached hydrogens (primary N) is 1. The van der Waals surface area contributed by atoms with Gasteiger partial charge in [-0.05, 0) is 13.0 Å². The molecular weight excluding hydrogens is 269 g/mol. The van der Waals surface area contributed by atoms with E-state index in [-0.39, 0.29) is 11.4 Å². The van der Waals surface area contributed by atoms with Gasteiger partial charge >= 0.3 is 6.18 Å². The molecule has 2 rings (SSSR count). The number of hydrogen-bond donors (Lipinski definition) is 1. The molecule has 0 saturated heterocycles. The quantitative estimate of drug-likeness (QED) is 0.871. The maximum Gasteiger partial charge on any atom is 0.433 e. The predicted molar refractivity (Wildman–Crippen MR) is 60.5 cm³/mol. The fraction of sp³-hybridized carbons (Fsp3) is 0.200. The highest BCUT2D eigenvalue weighted by Crippen LogP contribution is 2.30. The third-order valence-corrected chi connectivity index (χ3v) is 2.66. The summed E-state index contributed by atoms with van der Waals surface area (Å²) in [5, 5.41) is 4.32. The van der Waals surface area contributed by atoms with Gasteiger partial charge in [-0.15, -0.1) is 0 Å². The lowest BCUT2D eigenvalue weighted by Crippen LogP contribution is -2.11. The number of halogens is 4. The highest BCUT2D eigenvalue weighted by atomic mass is 35.5. The summed E-state index contributed by atoms with van der Waals surface area (Å²) in [6, 6.07) is 0.831. The van der Waals surface area contributed by atoms with Crippen LogP contribution in [0.1, 0.15) is 11.4 Å². The van der Waals surface area contributed by atoms with E-state index in [4.69, 9.17) is 17.3 Å². The average molecular weight is 277 g/mol.